The van der Waals surface area contributed by atoms with Gasteiger partial charge in [-0.25, -0.2) is 0 Å². The number of anilines is 2. The lowest BCUT2D eigenvalue weighted by molar-refractivity contribution is -0.384. The van der Waals surface area contributed by atoms with E-state index in [9.17, 15) is 51.1 Å². The number of hydrogen-bond acceptors (Lipinski definition) is 11. The van der Waals surface area contributed by atoms with Crippen LogP contribution < -0.4 is 20.1 Å². The standard InChI is InChI=1S/C30H23Cl2F6N4O9P/c1-15(39-23-13-19(5-7-25(23)41(43)44)48-27-9-3-17(11-21(27)31)29(33,34)35)50-52(47)51-16(2)40-24-14-20(6-8-26(24)42(45)46)49-28-10-4-18(12-22(28)32)30(36,37)38/h3-16,39-40,52H,1-2H3. The number of rotatable bonds is 14. The number of nitro groups is 2. The van der Waals surface area contributed by atoms with Crippen molar-refractivity contribution in [3.05, 3.63) is 114 Å². The van der Waals surface area contributed by atoms with Gasteiger partial charge in [0, 0.05) is 24.3 Å². The molecule has 0 radical (unpaired) electrons. The molecule has 0 aliphatic heterocycles. The summed E-state index contributed by atoms with van der Waals surface area (Å²) in [5, 5.41) is 27.7. The molecule has 0 spiro atoms. The molecule has 2 N–H and O–H groups in total. The summed E-state index contributed by atoms with van der Waals surface area (Å²) in [5.74, 6) is -0.506. The fourth-order valence-corrected chi connectivity index (χ4v) is 5.48. The zero-order valence-corrected chi connectivity index (χ0v) is 28.7. The number of halogens is 8. The summed E-state index contributed by atoms with van der Waals surface area (Å²) in [6, 6.07) is 11.3. The molecule has 0 amide bonds. The van der Waals surface area contributed by atoms with Crippen molar-refractivity contribution < 1.29 is 59.3 Å². The number of benzene rings is 4. The number of nitrogens with one attached hydrogen (secondary N) is 2. The van der Waals surface area contributed by atoms with Gasteiger partial charge in [0.2, 0.25) is 0 Å². The van der Waals surface area contributed by atoms with E-state index in [0.717, 1.165) is 48.5 Å². The summed E-state index contributed by atoms with van der Waals surface area (Å²) in [5.41, 5.74) is -3.43. The Kier molecular flexibility index (Phi) is 12.5. The molecule has 0 saturated heterocycles. The van der Waals surface area contributed by atoms with Crippen LogP contribution in [0.25, 0.3) is 0 Å². The number of nitrogens with zero attached hydrogens (tertiary/aromatic N) is 2. The quantitative estimate of drug-likeness (QED) is 0.0410. The predicted octanol–water partition coefficient (Wildman–Crippen LogP) is 11.1. The Labute approximate surface area is 299 Å². The topological polar surface area (TPSA) is 164 Å². The summed E-state index contributed by atoms with van der Waals surface area (Å²) in [4.78, 5) is 21.7. The van der Waals surface area contributed by atoms with Crippen LogP contribution in [0.4, 0.5) is 49.1 Å². The first-order chi connectivity index (χ1) is 24.2. The summed E-state index contributed by atoms with van der Waals surface area (Å²) >= 11 is 11.9. The largest absolute Gasteiger partial charge is 0.456 e. The van der Waals surface area contributed by atoms with Crippen LogP contribution in [0.5, 0.6) is 23.0 Å². The average molecular weight is 799 g/mol. The lowest BCUT2D eigenvalue weighted by Gasteiger charge is -2.20. The molecule has 0 aromatic heterocycles. The summed E-state index contributed by atoms with van der Waals surface area (Å²) in [6.07, 6.45) is -11.8. The minimum Gasteiger partial charge on any atom is -0.456 e. The van der Waals surface area contributed by atoms with Gasteiger partial charge in [0.1, 0.15) is 46.8 Å². The van der Waals surface area contributed by atoms with Crippen LogP contribution in [0.15, 0.2) is 72.8 Å². The summed E-state index contributed by atoms with van der Waals surface area (Å²) in [7, 11) is -3.45. The van der Waals surface area contributed by atoms with Gasteiger partial charge in [-0.1, -0.05) is 23.2 Å². The van der Waals surface area contributed by atoms with Crippen LogP contribution in [0.1, 0.15) is 25.0 Å². The van der Waals surface area contributed by atoms with E-state index in [1.54, 1.807) is 0 Å². The van der Waals surface area contributed by atoms with Crippen molar-refractivity contribution in [3.8, 4) is 23.0 Å². The third-order valence-corrected chi connectivity index (χ3v) is 8.25. The Hall–Kier alpha value is -4.81. The molecule has 4 rings (SSSR count). The maximum atomic E-state index is 13.0. The van der Waals surface area contributed by atoms with Gasteiger partial charge in [-0.05, 0) is 62.4 Å². The Morgan fingerprint density at radius 1 is 0.654 bits per heavy atom. The first kappa shape index (κ1) is 40.0. The van der Waals surface area contributed by atoms with E-state index in [1.165, 1.54) is 26.0 Å². The third kappa shape index (κ3) is 10.6. The average Bonchev–Trinajstić information content (AvgIpc) is 3.01. The van der Waals surface area contributed by atoms with Crippen molar-refractivity contribution in [3.63, 3.8) is 0 Å². The molecule has 4 aromatic rings. The highest BCUT2D eigenvalue weighted by Gasteiger charge is 2.32. The fourth-order valence-electron chi connectivity index (χ4n) is 4.29. The number of alkyl halides is 6. The second kappa shape index (κ2) is 16.2. The van der Waals surface area contributed by atoms with Crippen LogP contribution in [-0.2, 0) is 26.0 Å². The molecule has 2 unspecified atom stereocenters. The fraction of sp³-hybridized carbons (Fsp3) is 0.200. The van der Waals surface area contributed by atoms with Crippen LogP contribution >= 0.6 is 31.5 Å². The second-order valence-corrected chi connectivity index (χ2v) is 12.2. The van der Waals surface area contributed by atoms with Gasteiger partial charge in [0.25, 0.3) is 11.4 Å². The maximum Gasteiger partial charge on any atom is 0.416 e. The van der Waals surface area contributed by atoms with Gasteiger partial charge in [0.05, 0.1) is 31.0 Å². The van der Waals surface area contributed by atoms with Crippen LogP contribution in [0.2, 0.25) is 10.0 Å². The summed E-state index contributed by atoms with van der Waals surface area (Å²) < 4.78 is 112. The first-order valence-corrected chi connectivity index (χ1v) is 16.3. The molecule has 13 nitrogen and oxygen atoms in total. The highest BCUT2D eigenvalue weighted by atomic mass is 35.5. The molecule has 4 aromatic carbocycles. The zero-order valence-electron chi connectivity index (χ0n) is 26.2. The van der Waals surface area contributed by atoms with E-state index in [1.807, 2.05) is 0 Å². The van der Waals surface area contributed by atoms with Gasteiger partial charge in [-0.3, -0.25) is 33.8 Å². The number of nitro benzene ring substituents is 2. The minimum atomic E-state index is -4.66. The lowest BCUT2D eigenvalue weighted by atomic mass is 10.2. The smallest absolute Gasteiger partial charge is 0.416 e. The van der Waals surface area contributed by atoms with Crippen molar-refractivity contribution >= 4 is 54.2 Å². The van der Waals surface area contributed by atoms with Gasteiger partial charge in [-0.2, -0.15) is 26.3 Å². The van der Waals surface area contributed by atoms with Crippen molar-refractivity contribution in [2.24, 2.45) is 0 Å². The van der Waals surface area contributed by atoms with Crippen molar-refractivity contribution in [2.45, 2.75) is 38.7 Å². The van der Waals surface area contributed by atoms with Gasteiger partial charge >= 0.3 is 20.6 Å². The first-order valence-electron chi connectivity index (χ1n) is 14.3. The SMILES string of the molecule is CC(Nc1cc(Oc2ccc(C(F)(F)F)cc2Cl)ccc1[N+](=O)[O-])O[PH](=O)OC(C)Nc1cc(Oc2ccc(C(F)(F)F)cc2Cl)ccc1[N+](=O)[O-]. The molecule has 0 aliphatic carbocycles. The number of hydrogen-bond donors (Lipinski definition) is 2. The molecule has 0 bridgehead atoms. The molecule has 52 heavy (non-hydrogen) atoms. The second-order valence-electron chi connectivity index (χ2n) is 10.4. The Balaban J connectivity index is 1.42. The molecule has 2 atom stereocenters. The van der Waals surface area contributed by atoms with E-state index in [2.05, 4.69) is 10.6 Å². The predicted molar refractivity (Wildman–Crippen MR) is 177 cm³/mol. The van der Waals surface area contributed by atoms with Crippen LogP contribution in [0, 0.1) is 20.2 Å². The Morgan fingerprint density at radius 2 is 1.02 bits per heavy atom. The molecule has 278 valence electrons. The van der Waals surface area contributed by atoms with E-state index in [4.69, 9.17) is 41.7 Å². The minimum absolute atomic E-state index is 0.0721. The van der Waals surface area contributed by atoms with Gasteiger partial charge in [0.15, 0.2) is 0 Å². The van der Waals surface area contributed by atoms with Crippen LogP contribution in [-0.4, -0.2) is 22.3 Å². The molecule has 0 fully saturated rings. The molecule has 0 aliphatic rings. The van der Waals surface area contributed by atoms with E-state index in [0.29, 0.717) is 12.1 Å². The van der Waals surface area contributed by atoms with Gasteiger partial charge in [-0.15, -0.1) is 0 Å². The molecular formula is C30H23Cl2F6N4O9P. The zero-order chi connectivity index (χ0) is 38.5. The van der Waals surface area contributed by atoms with E-state index >= 15 is 0 Å². The van der Waals surface area contributed by atoms with E-state index in [-0.39, 0.29) is 44.4 Å². The highest BCUT2D eigenvalue weighted by molar-refractivity contribution is 7.33. The molecule has 0 saturated carbocycles. The lowest BCUT2D eigenvalue weighted by Crippen LogP contribution is -2.20. The molecule has 22 heteroatoms. The Morgan fingerprint density at radius 3 is 1.33 bits per heavy atom. The summed E-state index contributed by atoms with van der Waals surface area (Å²) in [6.45, 7) is 2.62. The Bertz CT molecular complexity index is 1870. The normalized spacial score (nSPS) is 13.5. The molecular weight excluding hydrogens is 776 g/mol. The monoisotopic (exact) mass is 798 g/mol. The maximum absolute atomic E-state index is 13.0. The highest BCUT2D eigenvalue weighted by Crippen LogP contribution is 2.41. The number of ether oxygens (including phenoxy) is 2. The molecule has 0 heterocycles. The van der Waals surface area contributed by atoms with Gasteiger partial charge < -0.3 is 20.1 Å². The van der Waals surface area contributed by atoms with Crippen molar-refractivity contribution in [2.75, 3.05) is 10.6 Å². The third-order valence-electron chi connectivity index (χ3n) is 6.57. The van der Waals surface area contributed by atoms with Crippen molar-refractivity contribution in [1.29, 1.82) is 0 Å². The van der Waals surface area contributed by atoms with E-state index < -0.39 is 65.4 Å². The van der Waals surface area contributed by atoms with Crippen LogP contribution in [0.3, 0.4) is 0 Å². The van der Waals surface area contributed by atoms with Crippen molar-refractivity contribution in [1.82, 2.24) is 0 Å².